The molecule has 0 radical (unpaired) electrons. The summed E-state index contributed by atoms with van der Waals surface area (Å²) < 4.78 is 5.14. The monoisotopic (exact) mass is 276 g/mol. The molecule has 4 nitrogen and oxygen atoms in total. The van der Waals surface area contributed by atoms with Gasteiger partial charge in [-0.05, 0) is 43.8 Å². The van der Waals surface area contributed by atoms with Crippen molar-refractivity contribution in [3.63, 3.8) is 0 Å². The van der Waals surface area contributed by atoms with Crippen molar-refractivity contribution >= 4 is 23.1 Å². The molecule has 0 amide bonds. The molecule has 0 aliphatic carbocycles. The highest BCUT2D eigenvalue weighted by Gasteiger charge is 2.27. The quantitative estimate of drug-likeness (QED) is 0.828. The molecule has 0 fully saturated rings. The Balaban J connectivity index is 2.42. The largest absolute Gasteiger partial charge is 0.497 e. The number of carbonyl (C=O) groups is 1. The van der Waals surface area contributed by atoms with Crippen LogP contribution in [-0.2, 0) is 4.79 Å². The van der Waals surface area contributed by atoms with E-state index in [0.29, 0.717) is 10.7 Å². The van der Waals surface area contributed by atoms with Crippen molar-refractivity contribution in [1.82, 2.24) is 10.6 Å². The number of Topliss-reactive ketones (excluding diaryl/α,β-unsaturated/α-hetero) is 1. The van der Waals surface area contributed by atoms with E-state index in [1.165, 1.54) is 0 Å². The number of nitrogens with one attached hydrogen (secondary N) is 2. The third-order valence-corrected chi connectivity index (χ3v) is 3.32. The molecule has 1 aromatic carbocycles. The second-order valence-electron chi connectivity index (χ2n) is 4.40. The van der Waals surface area contributed by atoms with Gasteiger partial charge in [-0.3, -0.25) is 4.79 Å². The molecule has 19 heavy (non-hydrogen) atoms. The van der Waals surface area contributed by atoms with Crippen LogP contribution in [0.1, 0.15) is 25.5 Å². The SMILES string of the molecule is COc1ccc([C@H]2NC(=S)NC(C)=C2C(C)=O)cc1. The summed E-state index contributed by atoms with van der Waals surface area (Å²) in [6.45, 7) is 3.42. The molecule has 5 heteroatoms. The zero-order valence-electron chi connectivity index (χ0n) is 11.1. The van der Waals surface area contributed by atoms with Crippen molar-refractivity contribution < 1.29 is 9.53 Å². The van der Waals surface area contributed by atoms with Crippen molar-refractivity contribution in [2.75, 3.05) is 7.11 Å². The van der Waals surface area contributed by atoms with E-state index in [1.807, 2.05) is 31.2 Å². The summed E-state index contributed by atoms with van der Waals surface area (Å²) in [6, 6.07) is 7.39. The Morgan fingerprint density at radius 3 is 2.47 bits per heavy atom. The lowest BCUT2D eigenvalue weighted by molar-refractivity contribution is -0.114. The first kappa shape index (κ1) is 13.5. The molecule has 0 aromatic heterocycles. The number of carbonyl (C=O) groups excluding carboxylic acids is 1. The van der Waals surface area contributed by atoms with Crippen LogP contribution in [0.15, 0.2) is 35.5 Å². The van der Waals surface area contributed by atoms with Crippen molar-refractivity contribution in [2.45, 2.75) is 19.9 Å². The number of methoxy groups -OCH3 is 1. The highest BCUT2D eigenvalue weighted by molar-refractivity contribution is 7.80. The fourth-order valence-electron chi connectivity index (χ4n) is 2.21. The van der Waals surface area contributed by atoms with Gasteiger partial charge >= 0.3 is 0 Å². The molecular weight excluding hydrogens is 260 g/mol. The minimum absolute atomic E-state index is 0.0285. The van der Waals surface area contributed by atoms with Crippen LogP contribution in [0.3, 0.4) is 0 Å². The maximum Gasteiger partial charge on any atom is 0.171 e. The smallest absolute Gasteiger partial charge is 0.171 e. The van der Waals surface area contributed by atoms with Gasteiger partial charge < -0.3 is 15.4 Å². The molecule has 0 bridgehead atoms. The number of ketones is 1. The van der Waals surface area contributed by atoms with E-state index in [9.17, 15) is 4.79 Å². The molecule has 100 valence electrons. The molecule has 1 aliphatic rings. The summed E-state index contributed by atoms with van der Waals surface area (Å²) in [4.78, 5) is 11.8. The third-order valence-electron chi connectivity index (χ3n) is 3.10. The van der Waals surface area contributed by atoms with Gasteiger partial charge in [0.15, 0.2) is 10.9 Å². The van der Waals surface area contributed by atoms with Crippen LogP contribution in [-0.4, -0.2) is 18.0 Å². The van der Waals surface area contributed by atoms with Gasteiger partial charge in [0.25, 0.3) is 0 Å². The van der Waals surface area contributed by atoms with E-state index in [2.05, 4.69) is 10.6 Å². The molecule has 1 heterocycles. The lowest BCUT2D eigenvalue weighted by Gasteiger charge is -2.29. The Hall–Kier alpha value is -1.88. The van der Waals surface area contributed by atoms with Crippen LogP contribution in [0, 0.1) is 0 Å². The molecule has 0 saturated heterocycles. The summed E-state index contributed by atoms with van der Waals surface area (Å²) in [5.41, 5.74) is 2.49. The van der Waals surface area contributed by atoms with Gasteiger partial charge in [0.2, 0.25) is 0 Å². The first-order valence-corrected chi connectivity index (χ1v) is 6.37. The van der Waals surface area contributed by atoms with E-state index in [4.69, 9.17) is 17.0 Å². The minimum atomic E-state index is -0.211. The predicted molar refractivity (Wildman–Crippen MR) is 78.0 cm³/mol. The summed E-state index contributed by atoms with van der Waals surface area (Å²) in [7, 11) is 1.62. The molecule has 2 rings (SSSR count). The summed E-state index contributed by atoms with van der Waals surface area (Å²) in [5, 5.41) is 6.65. The van der Waals surface area contributed by atoms with Crippen molar-refractivity contribution in [3.05, 3.63) is 41.1 Å². The van der Waals surface area contributed by atoms with Gasteiger partial charge in [-0.15, -0.1) is 0 Å². The molecule has 1 aromatic rings. The molecule has 0 unspecified atom stereocenters. The van der Waals surface area contributed by atoms with Crippen molar-refractivity contribution in [3.8, 4) is 5.75 Å². The fourth-order valence-corrected chi connectivity index (χ4v) is 2.48. The molecule has 0 saturated carbocycles. The molecule has 2 N–H and O–H groups in total. The van der Waals surface area contributed by atoms with Crippen LogP contribution >= 0.6 is 12.2 Å². The summed E-state index contributed by atoms with van der Waals surface area (Å²) in [5.74, 6) is 0.811. The first-order valence-electron chi connectivity index (χ1n) is 5.96. The Morgan fingerprint density at radius 1 is 1.32 bits per heavy atom. The maximum absolute atomic E-state index is 11.8. The van der Waals surface area contributed by atoms with E-state index >= 15 is 0 Å². The zero-order chi connectivity index (χ0) is 14.0. The topological polar surface area (TPSA) is 50.4 Å². The van der Waals surface area contributed by atoms with Gasteiger partial charge in [0, 0.05) is 11.3 Å². The minimum Gasteiger partial charge on any atom is -0.497 e. The second-order valence-corrected chi connectivity index (χ2v) is 4.81. The van der Waals surface area contributed by atoms with Crippen molar-refractivity contribution in [2.24, 2.45) is 0 Å². The van der Waals surface area contributed by atoms with E-state index in [0.717, 1.165) is 17.0 Å². The highest BCUT2D eigenvalue weighted by atomic mass is 32.1. The highest BCUT2D eigenvalue weighted by Crippen LogP contribution is 2.28. The number of rotatable bonds is 3. The van der Waals surface area contributed by atoms with E-state index in [1.54, 1.807) is 14.0 Å². The van der Waals surface area contributed by atoms with Crippen LogP contribution in [0.5, 0.6) is 5.75 Å². The van der Waals surface area contributed by atoms with Gasteiger partial charge in [0.1, 0.15) is 5.75 Å². The number of benzene rings is 1. The average Bonchev–Trinajstić information content (AvgIpc) is 2.37. The van der Waals surface area contributed by atoms with Crippen molar-refractivity contribution in [1.29, 1.82) is 0 Å². The standard InChI is InChI=1S/C14H16N2O2S/c1-8-12(9(2)17)13(16-14(19)15-8)10-4-6-11(18-3)7-5-10/h4-7,13H,1-3H3,(H2,15,16,19)/t13-/m1/s1. The molecular formula is C14H16N2O2S. The predicted octanol–water partition coefficient (Wildman–Crippen LogP) is 2.08. The van der Waals surface area contributed by atoms with E-state index < -0.39 is 0 Å². The Kier molecular flexibility index (Phi) is 3.85. The first-order chi connectivity index (χ1) is 9.02. The van der Waals surface area contributed by atoms with Crippen LogP contribution < -0.4 is 15.4 Å². The second kappa shape index (κ2) is 5.40. The van der Waals surface area contributed by atoms with Crippen LogP contribution in [0.2, 0.25) is 0 Å². The number of hydrogen-bond acceptors (Lipinski definition) is 3. The normalized spacial score (nSPS) is 18.7. The maximum atomic E-state index is 11.8. The zero-order valence-corrected chi connectivity index (χ0v) is 11.9. The lowest BCUT2D eigenvalue weighted by Crippen LogP contribution is -2.44. The van der Waals surface area contributed by atoms with E-state index in [-0.39, 0.29) is 11.8 Å². The average molecular weight is 276 g/mol. The van der Waals surface area contributed by atoms with Crippen LogP contribution in [0.4, 0.5) is 0 Å². The Morgan fingerprint density at radius 2 is 1.95 bits per heavy atom. The van der Waals surface area contributed by atoms with Crippen LogP contribution in [0.25, 0.3) is 0 Å². The third kappa shape index (κ3) is 2.76. The molecule has 0 spiro atoms. The fraction of sp³-hybridized carbons (Fsp3) is 0.286. The number of hydrogen-bond donors (Lipinski definition) is 2. The van der Waals surface area contributed by atoms with Gasteiger partial charge in [-0.2, -0.15) is 0 Å². The van der Waals surface area contributed by atoms with Gasteiger partial charge in [-0.25, -0.2) is 0 Å². The van der Waals surface area contributed by atoms with Gasteiger partial charge in [0.05, 0.1) is 13.2 Å². The number of thiocarbonyl (C=S) groups is 1. The summed E-state index contributed by atoms with van der Waals surface area (Å²) in [6.07, 6.45) is 0. The number of ether oxygens (including phenoxy) is 1. The molecule has 1 atom stereocenters. The lowest BCUT2D eigenvalue weighted by atomic mass is 9.93. The number of allylic oxidation sites excluding steroid dienone is 1. The Labute approximate surface area is 117 Å². The molecule has 1 aliphatic heterocycles. The van der Waals surface area contributed by atoms with Gasteiger partial charge in [-0.1, -0.05) is 12.1 Å². The Bertz CT molecular complexity index is 549. The summed E-state index contributed by atoms with van der Waals surface area (Å²) >= 11 is 5.16.